The average molecular weight is 355 g/mol. The summed E-state index contributed by atoms with van der Waals surface area (Å²) in [7, 11) is 0. The van der Waals surface area contributed by atoms with E-state index in [-0.39, 0.29) is 17.9 Å². The molecule has 1 amide bonds. The highest BCUT2D eigenvalue weighted by Gasteiger charge is 2.22. The van der Waals surface area contributed by atoms with E-state index in [0.717, 1.165) is 22.5 Å². The molecule has 0 radical (unpaired) electrons. The third kappa shape index (κ3) is 3.48. The largest absolute Gasteiger partial charge is 0.439 e. The number of aryl methyl sites for hydroxylation is 2. The first kappa shape index (κ1) is 18.1. The predicted molar refractivity (Wildman–Crippen MR) is 99.5 cm³/mol. The Hall–Kier alpha value is -2.67. The number of carbonyl (C=O) groups excluding carboxylic acids is 1. The van der Waals surface area contributed by atoms with Gasteiger partial charge in [0.15, 0.2) is 5.58 Å². The minimum Gasteiger partial charge on any atom is -0.439 e. The zero-order valence-corrected chi connectivity index (χ0v) is 15.8. The van der Waals surface area contributed by atoms with Crippen molar-refractivity contribution >= 4 is 17.0 Å². The van der Waals surface area contributed by atoms with Gasteiger partial charge in [0.05, 0.1) is 12.2 Å². The minimum atomic E-state index is -0.786. The topological polar surface area (TPSA) is 110 Å². The van der Waals surface area contributed by atoms with E-state index in [2.05, 4.69) is 41.3 Å². The lowest BCUT2D eigenvalue weighted by molar-refractivity contribution is -0.122. The number of rotatable bonds is 4. The molecule has 1 atom stereocenters. The van der Waals surface area contributed by atoms with E-state index in [0.29, 0.717) is 11.5 Å². The van der Waals surface area contributed by atoms with Gasteiger partial charge in [-0.3, -0.25) is 9.89 Å². The van der Waals surface area contributed by atoms with Crippen molar-refractivity contribution in [1.82, 2.24) is 20.5 Å². The number of H-pyrrole nitrogens is 1. The fourth-order valence-corrected chi connectivity index (χ4v) is 2.94. The second-order valence-corrected chi connectivity index (χ2v) is 7.58. The number of hydrogen-bond acceptors (Lipinski definition) is 5. The molecule has 7 nitrogen and oxygen atoms in total. The molecule has 4 N–H and O–H groups in total. The van der Waals surface area contributed by atoms with Crippen molar-refractivity contribution in [1.29, 1.82) is 0 Å². The first-order valence-corrected chi connectivity index (χ1v) is 8.61. The fourth-order valence-electron chi connectivity index (χ4n) is 2.94. The first-order valence-electron chi connectivity index (χ1n) is 8.61. The molecular formula is C19H25N5O2. The van der Waals surface area contributed by atoms with Gasteiger partial charge in [0.2, 0.25) is 11.8 Å². The molecule has 0 aliphatic rings. The zero-order chi connectivity index (χ0) is 19.1. The van der Waals surface area contributed by atoms with Crippen molar-refractivity contribution in [2.45, 2.75) is 52.6 Å². The Morgan fingerprint density at radius 2 is 2.08 bits per heavy atom. The van der Waals surface area contributed by atoms with Crippen molar-refractivity contribution in [2.24, 2.45) is 5.73 Å². The predicted octanol–water partition coefficient (Wildman–Crippen LogP) is 2.78. The molecule has 138 valence electrons. The summed E-state index contributed by atoms with van der Waals surface area (Å²) in [4.78, 5) is 16.8. The van der Waals surface area contributed by atoms with Crippen molar-refractivity contribution in [3.05, 3.63) is 46.6 Å². The highest BCUT2D eigenvalue weighted by Crippen LogP contribution is 2.26. The summed E-state index contributed by atoms with van der Waals surface area (Å²) in [5, 5.41) is 9.70. The van der Waals surface area contributed by atoms with Gasteiger partial charge < -0.3 is 15.5 Å². The Balaban J connectivity index is 1.72. The molecule has 3 aromatic rings. The molecule has 3 rings (SSSR count). The number of hydrogen-bond donors (Lipinski definition) is 3. The second-order valence-electron chi connectivity index (χ2n) is 7.58. The van der Waals surface area contributed by atoms with Crippen LogP contribution in [0.3, 0.4) is 0 Å². The summed E-state index contributed by atoms with van der Waals surface area (Å²) in [6.45, 7) is 10.3. The number of aromatic amines is 1. The van der Waals surface area contributed by atoms with Crippen LogP contribution in [0.5, 0.6) is 0 Å². The molecule has 0 unspecified atom stereocenters. The van der Waals surface area contributed by atoms with E-state index < -0.39 is 6.04 Å². The average Bonchev–Trinajstić information content (AvgIpc) is 3.13. The van der Waals surface area contributed by atoms with Gasteiger partial charge in [-0.25, -0.2) is 4.98 Å². The highest BCUT2D eigenvalue weighted by molar-refractivity contribution is 5.83. The number of nitrogens with one attached hydrogen (secondary N) is 2. The van der Waals surface area contributed by atoms with E-state index in [1.165, 1.54) is 5.56 Å². The standard InChI is InChI=1S/C19H25N5O2/c1-10-16(11(2)24-23-10)17(20)18(25)21-9-15-22-13-8-12(19(3,4)5)6-7-14(13)26-15/h6-8,17H,9,20H2,1-5H3,(H,21,25)(H,23,24)/t17-/m0/s1. The number of amides is 1. The molecule has 26 heavy (non-hydrogen) atoms. The molecule has 0 aliphatic carbocycles. The summed E-state index contributed by atoms with van der Waals surface area (Å²) in [5.41, 5.74) is 11.0. The van der Waals surface area contributed by atoms with E-state index in [4.69, 9.17) is 10.2 Å². The van der Waals surface area contributed by atoms with Gasteiger partial charge in [-0.15, -0.1) is 0 Å². The molecule has 0 bridgehead atoms. The van der Waals surface area contributed by atoms with Crippen molar-refractivity contribution in [2.75, 3.05) is 0 Å². The minimum absolute atomic E-state index is 0.0363. The number of fused-ring (bicyclic) bond motifs is 1. The summed E-state index contributed by atoms with van der Waals surface area (Å²) in [6.07, 6.45) is 0. The Bertz CT molecular complexity index is 929. The Labute approximate surface area is 152 Å². The van der Waals surface area contributed by atoms with E-state index in [1.807, 2.05) is 32.0 Å². The van der Waals surface area contributed by atoms with Crippen LogP contribution in [-0.2, 0) is 16.8 Å². The lowest BCUT2D eigenvalue weighted by Gasteiger charge is -2.18. The molecule has 0 aliphatic heterocycles. The zero-order valence-electron chi connectivity index (χ0n) is 15.8. The molecule has 1 aromatic carbocycles. The van der Waals surface area contributed by atoms with Crippen molar-refractivity contribution < 1.29 is 9.21 Å². The third-order valence-corrected chi connectivity index (χ3v) is 4.49. The molecule has 0 saturated heterocycles. The summed E-state index contributed by atoms with van der Waals surface area (Å²) in [5.74, 6) is 0.155. The maximum Gasteiger partial charge on any atom is 0.242 e. The smallest absolute Gasteiger partial charge is 0.242 e. The van der Waals surface area contributed by atoms with E-state index in [1.54, 1.807) is 0 Å². The monoisotopic (exact) mass is 355 g/mol. The quantitative estimate of drug-likeness (QED) is 0.666. The molecule has 0 fully saturated rings. The van der Waals surface area contributed by atoms with Crippen molar-refractivity contribution in [3.8, 4) is 0 Å². The highest BCUT2D eigenvalue weighted by atomic mass is 16.3. The fraction of sp³-hybridized carbons (Fsp3) is 0.421. The Kier molecular flexibility index (Phi) is 4.58. The van der Waals surface area contributed by atoms with Gasteiger partial charge in [-0.1, -0.05) is 26.8 Å². The lowest BCUT2D eigenvalue weighted by Crippen LogP contribution is -2.34. The van der Waals surface area contributed by atoms with Crippen LogP contribution in [0.2, 0.25) is 0 Å². The summed E-state index contributed by atoms with van der Waals surface area (Å²) in [6, 6.07) is 5.19. The van der Waals surface area contributed by atoms with Gasteiger partial charge in [-0.2, -0.15) is 5.10 Å². The first-order chi connectivity index (χ1) is 12.2. The normalized spacial score (nSPS) is 13.2. The molecule has 0 saturated carbocycles. The van der Waals surface area contributed by atoms with Crippen LogP contribution in [0.15, 0.2) is 22.6 Å². The Morgan fingerprint density at radius 1 is 1.35 bits per heavy atom. The number of aromatic nitrogens is 3. The number of oxazole rings is 1. The SMILES string of the molecule is Cc1n[nH]c(C)c1[C@H](N)C(=O)NCc1nc2cc(C(C)(C)C)ccc2o1. The van der Waals surface area contributed by atoms with Gasteiger partial charge in [-0.05, 0) is 37.0 Å². The second kappa shape index (κ2) is 6.57. The van der Waals surface area contributed by atoms with E-state index >= 15 is 0 Å². The van der Waals surface area contributed by atoms with Crippen LogP contribution >= 0.6 is 0 Å². The maximum atomic E-state index is 12.4. The van der Waals surface area contributed by atoms with Gasteiger partial charge in [0.25, 0.3) is 0 Å². The molecular weight excluding hydrogens is 330 g/mol. The van der Waals surface area contributed by atoms with Crippen molar-refractivity contribution in [3.63, 3.8) is 0 Å². The molecule has 7 heteroatoms. The van der Waals surface area contributed by atoms with E-state index in [9.17, 15) is 4.79 Å². The number of nitrogens with zero attached hydrogens (tertiary/aromatic N) is 2. The van der Waals surface area contributed by atoms with Gasteiger partial charge in [0.1, 0.15) is 11.6 Å². The summed E-state index contributed by atoms with van der Waals surface area (Å²) < 4.78 is 5.72. The van der Waals surface area contributed by atoms with Crippen LogP contribution in [0.25, 0.3) is 11.1 Å². The molecule has 2 heterocycles. The number of carbonyl (C=O) groups is 1. The number of benzene rings is 1. The van der Waals surface area contributed by atoms with Crippen LogP contribution in [0.4, 0.5) is 0 Å². The van der Waals surface area contributed by atoms with Gasteiger partial charge in [0, 0.05) is 11.3 Å². The molecule has 2 aromatic heterocycles. The molecule has 0 spiro atoms. The van der Waals surface area contributed by atoms with Crippen LogP contribution < -0.4 is 11.1 Å². The summed E-state index contributed by atoms with van der Waals surface area (Å²) >= 11 is 0. The number of nitrogens with two attached hydrogens (primary N) is 1. The lowest BCUT2D eigenvalue weighted by atomic mass is 9.87. The van der Waals surface area contributed by atoms with Crippen LogP contribution in [0, 0.1) is 13.8 Å². The third-order valence-electron chi connectivity index (χ3n) is 4.49. The Morgan fingerprint density at radius 3 is 2.69 bits per heavy atom. The van der Waals surface area contributed by atoms with Gasteiger partial charge >= 0.3 is 0 Å². The van der Waals surface area contributed by atoms with Crippen LogP contribution in [-0.4, -0.2) is 21.1 Å². The van der Waals surface area contributed by atoms with Crippen LogP contribution in [0.1, 0.15) is 55.2 Å². The maximum absolute atomic E-state index is 12.4.